The highest BCUT2D eigenvalue weighted by molar-refractivity contribution is 7.21. The van der Waals surface area contributed by atoms with Crippen molar-refractivity contribution in [2.45, 2.75) is 12.9 Å². The van der Waals surface area contributed by atoms with Gasteiger partial charge in [-0.3, -0.25) is 9.59 Å². The van der Waals surface area contributed by atoms with Crippen LogP contribution in [0.1, 0.15) is 24.7 Å². The molecule has 1 aliphatic rings. The van der Waals surface area contributed by atoms with Crippen LogP contribution in [0.15, 0.2) is 29.1 Å². The summed E-state index contributed by atoms with van der Waals surface area (Å²) in [7, 11) is 0. The van der Waals surface area contributed by atoms with Gasteiger partial charge in [-0.2, -0.15) is 0 Å². The third kappa shape index (κ3) is 1.83. The van der Waals surface area contributed by atoms with Gasteiger partial charge in [0.15, 0.2) is 0 Å². The third-order valence-corrected chi connectivity index (χ3v) is 4.47. The van der Waals surface area contributed by atoms with Crippen molar-refractivity contribution in [3.8, 4) is 0 Å². The minimum absolute atomic E-state index is 0.0750. The Bertz CT molecular complexity index is 1170. The zero-order valence-electron chi connectivity index (χ0n) is 16.5. The molecule has 2 aromatic heterocycles. The summed E-state index contributed by atoms with van der Waals surface area (Å²) in [6.45, 7) is -5.91. The molecule has 1 aromatic carbocycles. The van der Waals surface area contributed by atoms with E-state index in [1.807, 2.05) is 5.32 Å². The number of carbonyl (C=O) groups is 1. The molecule has 1 atom stereocenters. The highest BCUT2D eigenvalue weighted by Gasteiger charge is 2.24. The van der Waals surface area contributed by atoms with Crippen LogP contribution in [-0.2, 0) is 0 Å². The van der Waals surface area contributed by atoms with Gasteiger partial charge in [0.1, 0.15) is 4.88 Å². The molecule has 0 bridgehead atoms. The van der Waals surface area contributed by atoms with Crippen molar-refractivity contribution < 1.29 is 13.0 Å². The molecule has 1 amide bonds. The Labute approximate surface area is 132 Å². The maximum Gasteiger partial charge on any atom is 0.263 e. The third-order valence-electron chi connectivity index (χ3n) is 3.31. The van der Waals surface area contributed by atoms with Crippen molar-refractivity contribution in [1.82, 2.24) is 10.3 Å². The number of pyridine rings is 1. The predicted molar refractivity (Wildman–Crippen MR) is 85.4 cm³/mol. The van der Waals surface area contributed by atoms with Gasteiger partial charge >= 0.3 is 0 Å². The van der Waals surface area contributed by atoms with Crippen LogP contribution in [0.2, 0.25) is 0 Å². The number of anilines is 1. The van der Waals surface area contributed by atoms with E-state index in [0.717, 1.165) is 11.3 Å². The van der Waals surface area contributed by atoms with E-state index in [1.54, 1.807) is 18.2 Å². The van der Waals surface area contributed by atoms with Crippen LogP contribution in [0.25, 0.3) is 21.0 Å². The number of hydrogen-bond acceptors (Lipinski definition) is 4. The van der Waals surface area contributed by atoms with Crippen LogP contribution >= 0.6 is 11.3 Å². The number of rotatable bonds is 0. The van der Waals surface area contributed by atoms with Gasteiger partial charge in [0.25, 0.3) is 5.91 Å². The van der Waals surface area contributed by atoms with Crippen molar-refractivity contribution in [1.29, 1.82) is 0 Å². The highest BCUT2D eigenvalue weighted by Crippen LogP contribution is 2.40. The summed E-state index contributed by atoms with van der Waals surface area (Å²) in [5.74, 6) is -0.844. The second-order valence-electron chi connectivity index (χ2n) is 4.61. The minimum atomic E-state index is -3.11. The molecule has 0 fully saturated rings. The number of aromatic amines is 1. The van der Waals surface area contributed by atoms with E-state index in [1.165, 1.54) is 6.07 Å². The molecule has 6 heteroatoms. The number of aromatic nitrogens is 1. The van der Waals surface area contributed by atoms with E-state index >= 15 is 0 Å². The van der Waals surface area contributed by atoms with Crippen LogP contribution < -0.4 is 16.2 Å². The fourth-order valence-electron chi connectivity index (χ4n) is 2.44. The van der Waals surface area contributed by atoms with Gasteiger partial charge in [0.05, 0.1) is 9.80 Å². The molecule has 0 radical (unpaired) electrons. The lowest BCUT2D eigenvalue weighted by atomic mass is 10.1. The van der Waals surface area contributed by atoms with E-state index in [4.69, 9.17) is 8.22 Å². The summed E-state index contributed by atoms with van der Waals surface area (Å²) >= 11 is 1.05. The maximum absolute atomic E-state index is 12.7. The average molecular weight is 305 g/mol. The van der Waals surface area contributed by atoms with Gasteiger partial charge in [-0.1, -0.05) is 0 Å². The summed E-state index contributed by atoms with van der Waals surface area (Å²) in [5, 5.41) is 5.58. The van der Waals surface area contributed by atoms with Crippen molar-refractivity contribution in [3.63, 3.8) is 0 Å². The Morgan fingerprint density at radius 2 is 2.29 bits per heavy atom. The Hall–Kier alpha value is -2.34. The molecular weight excluding hydrogens is 286 g/mol. The monoisotopic (exact) mass is 305 g/mol. The molecule has 106 valence electrons. The largest absolute Gasteiger partial charge is 0.381 e. The van der Waals surface area contributed by atoms with Gasteiger partial charge in [-0.15, -0.1) is 11.3 Å². The van der Waals surface area contributed by atoms with Gasteiger partial charge in [0.2, 0.25) is 5.56 Å². The van der Waals surface area contributed by atoms with E-state index in [9.17, 15) is 9.59 Å². The SMILES string of the molecule is [2H]C([2H])([2H])[C@@]1([2H])NC(=O)c2sc3ccc4[nH]c(=O)ccc4c3c2NC1([2H])[2H]. The Morgan fingerprint density at radius 3 is 3.14 bits per heavy atom. The van der Waals surface area contributed by atoms with Crippen LogP contribution in [-0.4, -0.2) is 23.4 Å². The summed E-state index contributed by atoms with van der Waals surface area (Å²) in [4.78, 5) is 27.0. The first-order valence-electron chi connectivity index (χ1n) is 9.14. The van der Waals surface area contributed by atoms with Crippen LogP contribution in [0.4, 0.5) is 5.69 Å². The number of benzene rings is 1. The first-order valence-corrected chi connectivity index (χ1v) is 6.95. The molecule has 5 nitrogen and oxygen atoms in total. The fraction of sp³-hybridized carbons (Fsp3) is 0.200. The standard InChI is InChI=1S/C15H13N3O2S/c1-7-6-16-13-12-8-2-5-11(19)18-9(8)3-4-10(12)21-14(13)15(20)17-7/h2-5,7,16H,6H2,1H3,(H,17,20)(H,18,19)/t7-/m1/s1/i1D3,6D2,7D. The van der Waals surface area contributed by atoms with Gasteiger partial charge in [-0.25, -0.2) is 0 Å². The summed E-state index contributed by atoms with van der Waals surface area (Å²) in [5.41, 5.74) is 0.292. The molecule has 0 saturated carbocycles. The van der Waals surface area contributed by atoms with E-state index in [2.05, 4.69) is 10.3 Å². The lowest BCUT2D eigenvalue weighted by Crippen LogP contribution is -2.34. The van der Waals surface area contributed by atoms with Crippen molar-refractivity contribution >= 4 is 43.9 Å². The smallest absolute Gasteiger partial charge is 0.263 e. The molecule has 1 aliphatic heterocycles. The van der Waals surface area contributed by atoms with Crippen molar-refractivity contribution in [3.05, 3.63) is 39.5 Å². The van der Waals surface area contributed by atoms with E-state index < -0.39 is 25.3 Å². The Balaban J connectivity index is 2.04. The summed E-state index contributed by atoms with van der Waals surface area (Å²) < 4.78 is 47.9. The molecule has 0 spiro atoms. The van der Waals surface area contributed by atoms with Crippen molar-refractivity contribution in [2.75, 3.05) is 11.8 Å². The Morgan fingerprint density at radius 1 is 1.38 bits per heavy atom. The quantitative estimate of drug-likeness (QED) is 0.596. The predicted octanol–water partition coefficient (Wildman–Crippen LogP) is 2.29. The topological polar surface area (TPSA) is 74.0 Å². The van der Waals surface area contributed by atoms with Crippen LogP contribution in [0, 0.1) is 0 Å². The normalized spacial score (nSPS) is 28.9. The second-order valence-corrected chi connectivity index (χ2v) is 5.66. The second kappa shape index (κ2) is 4.33. The zero-order valence-corrected chi connectivity index (χ0v) is 11.4. The highest BCUT2D eigenvalue weighted by atomic mass is 32.1. The molecule has 3 heterocycles. The summed E-state index contributed by atoms with van der Waals surface area (Å²) in [6.07, 6.45) is 0. The number of fused-ring (bicyclic) bond motifs is 5. The number of thiophene rings is 1. The minimum Gasteiger partial charge on any atom is -0.381 e. The number of nitrogens with one attached hydrogen (secondary N) is 3. The van der Waals surface area contributed by atoms with E-state index in [-0.39, 0.29) is 16.1 Å². The van der Waals surface area contributed by atoms with Crippen molar-refractivity contribution in [2.24, 2.45) is 0 Å². The number of hydrogen-bond donors (Lipinski definition) is 3. The Kier molecular flexibility index (Phi) is 1.57. The lowest BCUT2D eigenvalue weighted by Gasteiger charge is -2.09. The number of amides is 1. The fourth-order valence-corrected chi connectivity index (χ4v) is 3.51. The maximum atomic E-state index is 12.7. The summed E-state index contributed by atoms with van der Waals surface area (Å²) in [6, 6.07) is 3.35. The molecule has 0 unspecified atom stereocenters. The molecule has 0 saturated heterocycles. The van der Waals surface area contributed by atoms with Gasteiger partial charge in [0, 0.05) is 43.7 Å². The molecule has 3 N–H and O–H groups in total. The van der Waals surface area contributed by atoms with Gasteiger partial charge in [-0.05, 0) is 25.1 Å². The lowest BCUT2D eigenvalue weighted by molar-refractivity contribution is 0.0949. The van der Waals surface area contributed by atoms with Gasteiger partial charge < -0.3 is 15.6 Å². The van der Waals surface area contributed by atoms with Crippen LogP contribution in [0.5, 0.6) is 0 Å². The first kappa shape index (κ1) is 7.61. The molecule has 4 rings (SSSR count). The zero-order chi connectivity index (χ0) is 19.8. The molecule has 21 heavy (non-hydrogen) atoms. The molecular formula is C15H13N3O2S. The van der Waals surface area contributed by atoms with E-state index in [0.29, 0.717) is 21.0 Å². The number of carbonyl (C=O) groups excluding carboxylic acids is 1. The first-order chi connectivity index (χ1) is 12.4. The number of H-pyrrole nitrogens is 1. The molecule has 0 aliphatic carbocycles. The molecule has 3 aromatic rings. The average Bonchev–Trinajstić information content (AvgIpc) is 2.88. The van der Waals surface area contributed by atoms with Crippen LogP contribution in [0.3, 0.4) is 0 Å².